The van der Waals surface area contributed by atoms with Gasteiger partial charge in [-0.1, -0.05) is 12.1 Å². The first kappa shape index (κ1) is 14.5. The van der Waals surface area contributed by atoms with Crippen molar-refractivity contribution in [2.24, 2.45) is 0 Å². The van der Waals surface area contributed by atoms with E-state index in [0.29, 0.717) is 5.69 Å². The molecule has 1 aromatic carbocycles. The number of hydrogen-bond donors (Lipinski definition) is 2. The second-order valence-corrected chi connectivity index (χ2v) is 6.49. The summed E-state index contributed by atoms with van der Waals surface area (Å²) < 4.78 is 28.0. The molecule has 0 radical (unpaired) electrons. The third-order valence-corrected chi connectivity index (χ3v) is 4.33. The molecule has 0 aliphatic heterocycles. The van der Waals surface area contributed by atoms with Crippen LogP contribution in [0.4, 0.5) is 11.4 Å². The fourth-order valence-corrected chi connectivity index (χ4v) is 2.64. The first-order chi connectivity index (χ1) is 9.44. The number of para-hydroxylation sites is 1. The Labute approximate surface area is 118 Å². The number of nitrogens with one attached hydrogen (secondary N) is 2. The van der Waals surface area contributed by atoms with Crippen LogP contribution in [0, 0.1) is 0 Å². The third kappa shape index (κ3) is 3.00. The Morgan fingerprint density at radius 2 is 1.95 bits per heavy atom. The van der Waals surface area contributed by atoms with Gasteiger partial charge in [-0.25, -0.2) is 13.1 Å². The number of benzene rings is 1. The monoisotopic (exact) mass is 294 g/mol. The molecule has 2 aromatic rings. The van der Waals surface area contributed by atoms with Crippen molar-refractivity contribution in [1.29, 1.82) is 0 Å². The van der Waals surface area contributed by atoms with Gasteiger partial charge in [-0.05, 0) is 33.0 Å². The van der Waals surface area contributed by atoms with Crippen LogP contribution in [0.5, 0.6) is 0 Å². The van der Waals surface area contributed by atoms with Crippen LogP contribution in [0.15, 0.2) is 41.6 Å². The van der Waals surface area contributed by atoms with E-state index in [1.807, 2.05) is 20.0 Å². The van der Waals surface area contributed by atoms with E-state index in [1.165, 1.54) is 7.05 Å². The molecule has 0 aliphatic rings. The zero-order valence-electron chi connectivity index (χ0n) is 11.7. The maximum Gasteiger partial charge on any atom is 0.242 e. The molecule has 7 heteroatoms. The molecule has 0 atom stereocenters. The zero-order valence-corrected chi connectivity index (χ0v) is 12.5. The Bertz CT molecular complexity index is 692. The number of hydrogen-bond acceptors (Lipinski definition) is 4. The van der Waals surface area contributed by atoms with Gasteiger partial charge in [0.15, 0.2) is 0 Å². The van der Waals surface area contributed by atoms with Crippen molar-refractivity contribution in [2.45, 2.75) is 24.8 Å². The fourth-order valence-electron chi connectivity index (χ4n) is 1.75. The molecular formula is C13H18N4O2S. The van der Waals surface area contributed by atoms with Crippen LogP contribution in [0.25, 0.3) is 0 Å². The highest BCUT2D eigenvalue weighted by molar-refractivity contribution is 7.89. The van der Waals surface area contributed by atoms with Gasteiger partial charge in [0.25, 0.3) is 0 Å². The van der Waals surface area contributed by atoms with E-state index >= 15 is 0 Å². The summed E-state index contributed by atoms with van der Waals surface area (Å²) in [5.74, 6) is 0. The predicted molar refractivity (Wildman–Crippen MR) is 78.6 cm³/mol. The number of aromatic nitrogens is 2. The van der Waals surface area contributed by atoms with Crippen molar-refractivity contribution >= 4 is 21.4 Å². The molecule has 6 nitrogen and oxygen atoms in total. The summed E-state index contributed by atoms with van der Waals surface area (Å²) in [5.41, 5.74) is 1.27. The number of anilines is 2. The SMILES string of the molecule is CNS(=O)(=O)c1ccccc1Nc1cnn(C(C)C)c1. The minimum absolute atomic E-state index is 0.208. The standard InChI is InChI=1S/C13H18N4O2S/c1-10(2)17-9-11(8-15-17)16-12-6-4-5-7-13(12)20(18,19)14-3/h4-10,14,16H,1-3H3. The summed E-state index contributed by atoms with van der Waals surface area (Å²) in [7, 11) is -2.11. The first-order valence-corrected chi connectivity index (χ1v) is 7.76. The smallest absolute Gasteiger partial charge is 0.242 e. The Kier molecular flexibility index (Phi) is 4.10. The van der Waals surface area contributed by atoms with E-state index in [9.17, 15) is 8.42 Å². The molecule has 108 valence electrons. The number of nitrogens with zero attached hydrogens (tertiary/aromatic N) is 2. The molecule has 0 amide bonds. The lowest BCUT2D eigenvalue weighted by molar-refractivity contribution is 0.532. The first-order valence-electron chi connectivity index (χ1n) is 6.28. The van der Waals surface area contributed by atoms with Crippen LogP contribution in [0.3, 0.4) is 0 Å². The second-order valence-electron chi connectivity index (χ2n) is 4.63. The van der Waals surface area contributed by atoms with Crippen LogP contribution >= 0.6 is 0 Å². The normalized spacial score (nSPS) is 11.8. The summed E-state index contributed by atoms with van der Waals surface area (Å²) in [6, 6.07) is 7.00. The van der Waals surface area contributed by atoms with E-state index < -0.39 is 10.0 Å². The van der Waals surface area contributed by atoms with Gasteiger partial charge in [-0.3, -0.25) is 4.68 Å². The fraction of sp³-hybridized carbons (Fsp3) is 0.308. The van der Waals surface area contributed by atoms with Gasteiger partial charge in [0, 0.05) is 12.2 Å². The summed E-state index contributed by atoms with van der Waals surface area (Å²) >= 11 is 0. The van der Waals surface area contributed by atoms with Gasteiger partial charge >= 0.3 is 0 Å². The van der Waals surface area contributed by atoms with Crippen molar-refractivity contribution in [3.05, 3.63) is 36.7 Å². The van der Waals surface area contributed by atoms with Crippen molar-refractivity contribution < 1.29 is 8.42 Å². The molecule has 0 fully saturated rings. The van der Waals surface area contributed by atoms with Crippen molar-refractivity contribution in [2.75, 3.05) is 12.4 Å². The highest BCUT2D eigenvalue weighted by Gasteiger charge is 2.16. The molecule has 0 unspecified atom stereocenters. The predicted octanol–water partition coefficient (Wildman–Crippen LogP) is 2.12. The van der Waals surface area contributed by atoms with E-state index in [2.05, 4.69) is 15.1 Å². The molecule has 2 rings (SSSR count). The average molecular weight is 294 g/mol. The Hall–Kier alpha value is -1.86. The van der Waals surface area contributed by atoms with Gasteiger partial charge in [-0.15, -0.1) is 0 Å². The lowest BCUT2D eigenvalue weighted by Gasteiger charge is -2.10. The van der Waals surface area contributed by atoms with E-state index in [-0.39, 0.29) is 10.9 Å². The quantitative estimate of drug-likeness (QED) is 0.885. The molecule has 0 bridgehead atoms. The topological polar surface area (TPSA) is 76.0 Å². The van der Waals surface area contributed by atoms with Crippen molar-refractivity contribution in [3.8, 4) is 0 Å². The van der Waals surface area contributed by atoms with E-state index in [1.54, 1.807) is 35.1 Å². The minimum Gasteiger partial charge on any atom is -0.352 e. The summed E-state index contributed by atoms with van der Waals surface area (Å²) in [6.07, 6.45) is 3.51. The highest BCUT2D eigenvalue weighted by Crippen LogP contribution is 2.24. The lowest BCUT2D eigenvalue weighted by Crippen LogP contribution is -2.19. The lowest BCUT2D eigenvalue weighted by atomic mass is 10.3. The zero-order chi connectivity index (χ0) is 14.8. The molecule has 0 saturated carbocycles. The van der Waals surface area contributed by atoms with Gasteiger partial charge in [-0.2, -0.15) is 5.10 Å². The van der Waals surface area contributed by atoms with Crippen LogP contribution in [0.2, 0.25) is 0 Å². The second kappa shape index (κ2) is 5.64. The molecular weight excluding hydrogens is 276 g/mol. The summed E-state index contributed by atoms with van der Waals surface area (Å²) in [5, 5.41) is 7.30. The molecule has 0 saturated heterocycles. The van der Waals surface area contributed by atoms with Crippen LogP contribution in [-0.2, 0) is 10.0 Å². The highest BCUT2D eigenvalue weighted by atomic mass is 32.2. The van der Waals surface area contributed by atoms with Gasteiger partial charge in [0.1, 0.15) is 4.90 Å². The molecule has 20 heavy (non-hydrogen) atoms. The van der Waals surface area contributed by atoms with Crippen molar-refractivity contribution in [1.82, 2.24) is 14.5 Å². The van der Waals surface area contributed by atoms with Crippen LogP contribution in [-0.4, -0.2) is 25.2 Å². The van der Waals surface area contributed by atoms with E-state index in [4.69, 9.17) is 0 Å². The maximum atomic E-state index is 12.0. The van der Waals surface area contributed by atoms with Gasteiger partial charge in [0.2, 0.25) is 10.0 Å². The van der Waals surface area contributed by atoms with Crippen molar-refractivity contribution in [3.63, 3.8) is 0 Å². The minimum atomic E-state index is -3.50. The van der Waals surface area contributed by atoms with Crippen LogP contribution < -0.4 is 10.0 Å². The van der Waals surface area contributed by atoms with Crippen LogP contribution in [0.1, 0.15) is 19.9 Å². The third-order valence-electron chi connectivity index (χ3n) is 2.85. The molecule has 0 aliphatic carbocycles. The van der Waals surface area contributed by atoms with Gasteiger partial charge in [0.05, 0.1) is 17.6 Å². The van der Waals surface area contributed by atoms with Gasteiger partial charge < -0.3 is 5.32 Å². The molecule has 0 spiro atoms. The molecule has 1 aromatic heterocycles. The average Bonchev–Trinajstić information content (AvgIpc) is 2.88. The maximum absolute atomic E-state index is 12.0. The Morgan fingerprint density at radius 1 is 1.25 bits per heavy atom. The number of sulfonamides is 1. The molecule has 2 N–H and O–H groups in total. The Balaban J connectivity index is 2.34. The summed E-state index contributed by atoms with van der Waals surface area (Å²) in [6.45, 7) is 4.05. The summed E-state index contributed by atoms with van der Waals surface area (Å²) in [4.78, 5) is 0.208. The Morgan fingerprint density at radius 3 is 2.55 bits per heavy atom. The van der Waals surface area contributed by atoms with E-state index in [0.717, 1.165) is 5.69 Å². The molecule has 1 heterocycles. The number of rotatable bonds is 5. The largest absolute Gasteiger partial charge is 0.352 e.